The molecule has 3 rings (SSSR count). The van der Waals surface area contributed by atoms with Gasteiger partial charge in [0.2, 0.25) is 5.91 Å². The Balaban J connectivity index is 1.77. The van der Waals surface area contributed by atoms with Crippen molar-refractivity contribution in [2.24, 2.45) is 0 Å². The van der Waals surface area contributed by atoms with Gasteiger partial charge in [-0.2, -0.15) is 0 Å². The second kappa shape index (κ2) is 7.99. The summed E-state index contributed by atoms with van der Waals surface area (Å²) in [7, 11) is 0. The quantitative estimate of drug-likeness (QED) is 0.848. The van der Waals surface area contributed by atoms with Gasteiger partial charge in [0.25, 0.3) is 5.91 Å². The van der Waals surface area contributed by atoms with Crippen LogP contribution < -0.4 is 9.80 Å². The minimum absolute atomic E-state index is 0.0598. The van der Waals surface area contributed by atoms with Gasteiger partial charge in [-0.15, -0.1) is 0 Å². The number of pyridine rings is 1. The molecule has 2 heterocycles. The van der Waals surface area contributed by atoms with Crippen LogP contribution in [0, 0.1) is 0 Å². The van der Waals surface area contributed by atoms with Gasteiger partial charge >= 0.3 is 0 Å². The minimum atomic E-state index is -0.0598. The van der Waals surface area contributed by atoms with Crippen molar-refractivity contribution < 1.29 is 9.59 Å². The number of rotatable bonds is 4. The zero-order valence-electron chi connectivity index (χ0n) is 15.3. The molecule has 26 heavy (non-hydrogen) atoms. The third-order valence-corrected chi connectivity index (χ3v) is 4.69. The van der Waals surface area contributed by atoms with Crippen LogP contribution in [0.15, 0.2) is 48.8 Å². The van der Waals surface area contributed by atoms with E-state index in [1.165, 1.54) is 0 Å². The molecule has 1 aromatic carbocycles. The third kappa shape index (κ3) is 3.85. The van der Waals surface area contributed by atoms with E-state index >= 15 is 0 Å². The smallest absolute Gasteiger partial charge is 0.259 e. The monoisotopic (exact) mass is 352 g/mol. The molecule has 0 aliphatic carbocycles. The maximum atomic E-state index is 13.0. The first-order chi connectivity index (χ1) is 12.6. The predicted octanol–water partition coefficient (Wildman–Crippen LogP) is 2.42. The van der Waals surface area contributed by atoms with Crippen LogP contribution in [0.5, 0.6) is 0 Å². The Hall–Kier alpha value is -2.89. The van der Waals surface area contributed by atoms with Crippen LogP contribution in [-0.4, -0.2) is 54.4 Å². The van der Waals surface area contributed by atoms with Crippen LogP contribution in [0.4, 0.5) is 11.4 Å². The summed E-state index contributed by atoms with van der Waals surface area (Å²) in [6.45, 7) is 7.02. The summed E-state index contributed by atoms with van der Waals surface area (Å²) in [4.78, 5) is 34.5. The van der Waals surface area contributed by atoms with Crippen LogP contribution in [0.3, 0.4) is 0 Å². The molecule has 2 aromatic rings. The summed E-state index contributed by atoms with van der Waals surface area (Å²) in [5, 5.41) is 0. The lowest BCUT2D eigenvalue weighted by atomic mass is 10.2. The third-order valence-electron chi connectivity index (χ3n) is 4.69. The molecule has 0 radical (unpaired) electrons. The molecule has 0 bridgehead atoms. The Kier molecular flexibility index (Phi) is 5.51. The van der Waals surface area contributed by atoms with Crippen molar-refractivity contribution in [2.45, 2.75) is 13.8 Å². The number of carbonyl (C=O) groups excluding carboxylic acids is 2. The van der Waals surface area contributed by atoms with Gasteiger partial charge in [-0.1, -0.05) is 18.2 Å². The fourth-order valence-electron chi connectivity index (χ4n) is 3.20. The number of hydrogen-bond donors (Lipinski definition) is 0. The number of nitrogens with zero attached hydrogens (tertiary/aromatic N) is 4. The van der Waals surface area contributed by atoms with E-state index in [2.05, 4.69) is 9.88 Å². The number of para-hydroxylation sites is 1. The number of hydrogen-bond acceptors (Lipinski definition) is 4. The van der Waals surface area contributed by atoms with E-state index in [9.17, 15) is 9.59 Å². The normalized spacial score (nSPS) is 14.2. The predicted molar refractivity (Wildman–Crippen MR) is 102 cm³/mol. The second-order valence-electron chi connectivity index (χ2n) is 6.31. The van der Waals surface area contributed by atoms with Gasteiger partial charge in [0, 0.05) is 51.5 Å². The molecule has 6 heteroatoms. The molecular formula is C20H24N4O2. The SMILES string of the molecule is CCN(C(=O)c1cncc(N2CCN(C(C)=O)CC2)c1)c1ccccc1. The standard InChI is InChI=1S/C20H24N4O2/c1-3-24(18-7-5-4-6-8-18)20(26)17-13-19(15-21-14-17)23-11-9-22(10-12-23)16(2)25/h4-8,13-15H,3,9-12H2,1-2H3. The lowest BCUT2D eigenvalue weighted by molar-refractivity contribution is -0.129. The van der Waals surface area contributed by atoms with Crippen molar-refractivity contribution in [3.05, 3.63) is 54.4 Å². The van der Waals surface area contributed by atoms with E-state index in [0.717, 1.165) is 24.5 Å². The molecule has 1 aliphatic rings. The molecule has 136 valence electrons. The van der Waals surface area contributed by atoms with Gasteiger partial charge in [-0.3, -0.25) is 14.6 Å². The van der Waals surface area contributed by atoms with Gasteiger partial charge in [-0.25, -0.2) is 0 Å². The fourth-order valence-corrected chi connectivity index (χ4v) is 3.20. The van der Waals surface area contributed by atoms with Gasteiger partial charge in [-0.05, 0) is 25.1 Å². The number of benzene rings is 1. The largest absolute Gasteiger partial charge is 0.367 e. The zero-order chi connectivity index (χ0) is 18.5. The van der Waals surface area contributed by atoms with Crippen LogP contribution in [0.1, 0.15) is 24.2 Å². The van der Waals surface area contributed by atoms with Crippen LogP contribution in [-0.2, 0) is 4.79 Å². The van der Waals surface area contributed by atoms with E-state index in [4.69, 9.17) is 0 Å². The lowest BCUT2D eigenvalue weighted by Gasteiger charge is -2.35. The summed E-state index contributed by atoms with van der Waals surface area (Å²) in [6.07, 6.45) is 3.39. The summed E-state index contributed by atoms with van der Waals surface area (Å²) in [5.74, 6) is 0.0450. The first kappa shape index (κ1) is 17.9. The van der Waals surface area contributed by atoms with Crippen molar-refractivity contribution >= 4 is 23.2 Å². The number of piperazine rings is 1. The Bertz CT molecular complexity index is 770. The van der Waals surface area contributed by atoms with E-state index < -0.39 is 0 Å². The summed E-state index contributed by atoms with van der Waals surface area (Å²) >= 11 is 0. The number of carbonyl (C=O) groups is 2. The van der Waals surface area contributed by atoms with E-state index in [0.29, 0.717) is 25.2 Å². The average Bonchev–Trinajstić information content (AvgIpc) is 2.69. The van der Waals surface area contributed by atoms with Gasteiger partial charge in [0.15, 0.2) is 0 Å². The fraction of sp³-hybridized carbons (Fsp3) is 0.350. The molecule has 6 nitrogen and oxygen atoms in total. The van der Waals surface area contributed by atoms with Crippen molar-refractivity contribution in [2.75, 3.05) is 42.5 Å². The molecule has 1 saturated heterocycles. The highest BCUT2D eigenvalue weighted by molar-refractivity contribution is 6.06. The maximum absolute atomic E-state index is 13.0. The van der Waals surface area contributed by atoms with Crippen LogP contribution >= 0.6 is 0 Å². The highest BCUT2D eigenvalue weighted by Crippen LogP contribution is 2.20. The van der Waals surface area contributed by atoms with E-state index in [-0.39, 0.29) is 11.8 Å². The molecule has 1 fully saturated rings. The first-order valence-electron chi connectivity index (χ1n) is 8.92. The Morgan fingerprint density at radius 1 is 1.08 bits per heavy atom. The van der Waals surface area contributed by atoms with Crippen molar-refractivity contribution in [3.63, 3.8) is 0 Å². The average molecular weight is 352 g/mol. The molecule has 1 aliphatic heterocycles. The molecule has 0 saturated carbocycles. The number of aromatic nitrogens is 1. The van der Waals surface area contributed by atoms with Gasteiger partial charge in [0.1, 0.15) is 0 Å². The van der Waals surface area contributed by atoms with Crippen LogP contribution in [0.2, 0.25) is 0 Å². The summed E-state index contributed by atoms with van der Waals surface area (Å²) < 4.78 is 0. The lowest BCUT2D eigenvalue weighted by Crippen LogP contribution is -2.48. The topological polar surface area (TPSA) is 56.8 Å². The van der Waals surface area contributed by atoms with Gasteiger partial charge in [0.05, 0.1) is 17.4 Å². The van der Waals surface area contributed by atoms with E-state index in [1.807, 2.05) is 48.2 Å². The number of amides is 2. The minimum Gasteiger partial charge on any atom is -0.367 e. The summed E-state index contributed by atoms with van der Waals surface area (Å²) in [6, 6.07) is 11.5. The molecule has 0 unspecified atom stereocenters. The molecule has 0 atom stereocenters. The number of anilines is 2. The van der Waals surface area contributed by atoms with Crippen molar-refractivity contribution in [1.82, 2.24) is 9.88 Å². The van der Waals surface area contributed by atoms with Crippen molar-refractivity contribution in [3.8, 4) is 0 Å². The zero-order valence-corrected chi connectivity index (χ0v) is 15.3. The molecule has 1 aromatic heterocycles. The Morgan fingerprint density at radius 2 is 1.77 bits per heavy atom. The Labute approximate surface area is 154 Å². The second-order valence-corrected chi connectivity index (χ2v) is 6.31. The summed E-state index contributed by atoms with van der Waals surface area (Å²) in [5.41, 5.74) is 2.37. The van der Waals surface area contributed by atoms with Gasteiger partial charge < -0.3 is 14.7 Å². The maximum Gasteiger partial charge on any atom is 0.259 e. The highest BCUT2D eigenvalue weighted by Gasteiger charge is 2.21. The molecule has 2 amide bonds. The molecular weight excluding hydrogens is 328 g/mol. The molecule has 0 N–H and O–H groups in total. The Morgan fingerprint density at radius 3 is 2.38 bits per heavy atom. The van der Waals surface area contributed by atoms with E-state index in [1.54, 1.807) is 24.2 Å². The first-order valence-corrected chi connectivity index (χ1v) is 8.92. The molecule has 0 spiro atoms. The highest BCUT2D eigenvalue weighted by atomic mass is 16.2. The van der Waals surface area contributed by atoms with Crippen molar-refractivity contribution in [1.29, 1.82) is 0 Å². The van der Waals surface area contributed by atoms with Crippen LogP contribution in [0.25, 0.3) is 0 Å².